The fourth-order valence-electron chi connectivity index (χ4n) is 2.04. The van der Waals surface area contributed by atoms with Crippen molar-refractivity contribution < 1.29 is 4.79 Å². The van der Waals surface area contributed by atoms with Crippen molar-refractivity contribution in [1.82, 2.24) is 4.90 Å². The van der Waals surface area contributed by atoms with Crippen LogP contribution < -0.4 is 0 Å². The lowest BCUT2D eigenvalue weighted by atomic mass is 9.89. The van der Waals surface area contributed by atoms with E-state index in [2.05, 4.69) is 0 Å². The van der Waals surface area contributed by atoms with Gasteiger partial charge in [-0.1, -0.05) is 23.2 Å². The number of carbonyl (C=O) groups excluding carboxylic acids is 1. The second-order valence-electron chi connectivity index (χ2n) is 4.21. The van der Waals surface area contributed by atoms with Crippen LogP contribution in [-0.2, 0) is 4.79 Å². The zero-order valence-electron chi connectivity index (χ0n) is 9.04. The molecule has 2 rings (SSSR count). The molecule has 1 saturated heterocycles. The Morgan fingerprint density at radius 1 is 1.25 bits per heavy atom. The summed E-state index contributed by atoms with van der Waals surface area (Å²) in [6, 6.07) is 5.51. The van der Waals surface area contributed by atoms with E-state index in [1.165, 1.54) is 0 Å². The highest BCUT2D eigenvalue weighted by Gasteiger charge is 2.24. The zero-order valence-corrected chi connectivity index (χ0v) is 10.6. The van der Waals surface area contributed by atoms with Crippen LogP contribution in [0.5, 0.6) is 0 Å². The predicted octanol–water partition coefficient (Wildman–Crippen LogP) is 3.33. The van der Waals surface area contributed by atoms with Gasteiger partial charge in [-0.25, -0.2) is 0 Å². The largest absolute Gasteiger partial charge is 0.346 e. The molecule has 0 N–H and O–H groups in total. The van der Waals surface area contributed by atoms with Gasteiger partial charge in [0.05, 0.1) is 0 Å². The van der Waals surface area contributed by atoms with Crippen LogP contribution in [0.1, 0.15) is 24.3 Å². The lowest BCUT2D eigenvalue weighted by Gasteiger charge is -2.29. The van der Waals surface area contributed by atoms with Crippen LogP contribution in [0.15, 0.2) is 18.2 Å². The molecule has 1 aromatic carbocycles. The van der Waals surface area contributed by atoms with Gasteiger partial charge in [-0.15, -0.1) is 0 Å². The van der Waals surface area contributed by atoms with Gasteiger partial charge in [-0.2, -0.15) is 0 Å². The highest BCUT2D eigenvalue weighted by molar-refractivity contribution is 6.34. The van der Waals surface area contributed by atoms with Gasteiger partial charge in [0.1, 0.15) is 0 Å². The molecule has 0 aliphatic carbocycles. The van der Waals surface area contributed by atoms with Gasteiger partial charge < -0.3 is 4.90 Å². The second kappa shape index (κ2) is 4.64. The minimum absolute atomic E-state index is 0.187. The summed E-state index contributed by atoms with van der Waals surface area (Å²) in [5.74, 6) is 0.437. The highest BCUT2D eigenvalue weighted by Crippen LogP contribution is 2.31. The molecule has 0 spiro atoms. The van der Waals surface area contributed by atoms with Crippen molar-refractivity contribution in [2.24, 2.45) is 0 Å². The molecule has 1 aromatic rings. The summed E-state index contributed by atoms with van der Waals surface area (Å²) in [6.45, 7) is 0.799. The Bertz CT molecular complexity index is 399. The maximum absolute atomic E-state index is 11.6. The number of hydrogen-bond acceptors (Lipinski definition) is 1. The molecule has 1 aliphatic rings. The van der Waals surface area contributed by atoms with Crippen LogP contribution in [0.4, 0.5) is 0 Å². The third kappa shape index (κ3) is 2.50. The minimum atomic E-state index is 0.187. The first-order valence-electron chi connectivity index (χ1n) is 5.26. The molecule has 1 fully saturated rings. The number of carbonyl (C=O) groups is 1. The Labute approximate surface area is 105 Å². The van der Waals surface area contributed by atoms with E-state index in [0.717, 1.165) is 18.5 Å². The van der Waals surface area contributed by atoms with Gasteiger partial charge in [-0.3, -0.25) is 4.79 Å². The molecular weight excluding hydrogens is 245 g/mol. The Balaban J connectivity index is 2.21. The molecule has 1 unspecified atom stereocenters. The minimum Gasteiger partial charge on any atom is -0.346 e. The quantitative estimate of drug-likeness (QED) is 0.756. The van der Waals surface area contributed by atoms with Crippen molar-refractivity contribution in [2.45, 2.75) is 18.8 Å². The molecular formula is C12H13Cl2NO. The van der Waals surface area contributed by atoms with Gasteiger partial charge in [0, 0.05) is 30.1 Å². The number of nitrogens with zero attached hydrogens (tertiary/aromatic N) is 1. The van der Waals surface area contributed by atoms with Gasteiger partial charge >= 0.3 is 0 Å². The normalized spacial score (nSPS) is 21.3. The maximum atomic E-state index is 11.6. The monoisotopic (exact) mass is 257 g/mol. The van der Waals surface area contributed by atoms with Crippen molar-refractivity contribution >= 4 is 29.1 Å². The Morgan fingerprint density at radius 2 is 1.88 bits per heavy atom. The smallest absolute Gasteiger partial charge is 0.222 e. The molecule has 2 nitrogen and oxygen atoms in total. The van der Waals surface area contributed by atoms with Crippen molar-refractivity contribution in [3.05, 3.63) is 33.8 Å². The average molecular weight is 258 g/mol. The van der Waals surface area contributed by atoms with Gasteiger partial charge in [0.25, 0.3) is 0 Å². The van der Waals surface area contributed by atoms with E-state index in [1.54, 1.807) is 11.0 Å². The summed E-state index contributed by atoms with van der Waals surface area (Å²) in [6.07, 6.45) is 1.52. The van der Waals surface area contributed by atoms with Crippen LogP contribution in [0.25, 0.3) is 0 Å². The van der Waals surface area contributed by atoms with Crippen LogP contribution in [0.3, 0.4) is 0 Å². The molecule has 0 saturated carbocycles. The molecule has 1 aliphatic heterocycles. The first kappa shape index (κ1) is 11.7. The number of benzene rings is 1. The number of hydrogen-bond donors (Lipinski definition) is 0. The van der Waals surface area contributed by atoms with Crippen molar-refractivity contribution in [3.8, 4) is 0 Å². The standard InChI is InChI=1S/C12H13Cl2NO/c1-15-3-2-8(6-12(15)16)9-4-10(13)7-11(14)5-9/h4-5,7-8H,2-3,6H2,1H3. The van der Waals surface area contributed by atoms with Crippen LogP contribution in [0.2, 0.25) is 10.0 Å². The van der Waals surface area contributed by atoms with Crippen LogP contribution >= 0.6 is 23.2 Å². The van der Waals surface area contributed by atoms with E-state index in [0.29, 0.717) is 16.5 Å². The van der Waals surface area contributed by atoms with E-state index in [-0.39, 0.29) is 11.8 Å². The Hall–Kier alpha value is -0.730. The number of likely N-dealkylation sites (tertiary alicyclic amines) is 1. The van der Waals surface area contributed by atoms with Crippen molar-refractivity contribution in [2.75, 3.05) is 13.6 Å². The lowest BCUT2D eigenvalue weighted by molar-refractivity contribution is -0.132. The lowest BCUT2D eigenvalue weighted by Crippen LogP contribution is -2.34. The molecule has 0 radical (unpaired) electrons. The number of amides is 1. The topological polar surface area (TPSA) is 20.3 Å². The average Bonchev–Trinajstić information content (AvgIpc) is 2.20. The molecule has 1 amide bonds. The van der Waals surface area contributed by atoms with Crippen molar-refractivity contribution in [3.63, 3.8) is 0 Å². The van der Waals surface area contributed by atoms with Gasteiger partial charge in [0.15, 0.2) is 0 Å². The van der Waals surface area contributed by atoms with E-state index in [1.807, 2.05) is 19.2 Å². The van der Waals surface area contributed by atoms with Gasteiger partial charge in [-0.05, 0) is 36.1 Å². The third-order valence-electron chi connectivity index (χ3n) is 3.02. The van der Waals surface area contributed by atoms with Gasteiger partial charge in [0.2, 0.25) is 5.91 Å². The molecule has 0 aromatic heterocycles. The summed E-state index contributed by atoms with van der Waals surface area (Å²) in [7, 11) is 1.84. The molecule has 16 heavy (non-hydrogen) atoms. The summed E-state index contributed by atoms with van der Waals surface area (Å²) >= 11 is 11.9. The van der Waals surface area contributed by atoms with E-state index < -0.39 is 0 Å². The van der Waals surface area contributed by atoms with Crippen LogP contribution in [0, 0.1) is 0 Å². The summed E-state index contributed by atoms with van der Waals surface area (Å²) < 4.78 is 0. The molecule has 1 atom stereocenters. The maximum Gasteiger partial charge on any atom is 0.222 e. The first-order valence-corrected chi connectivity index (χ1v) is 6.02. The number of piperidine rings is 1. The Kier molecular flexibility index (Phi) is 3.41. The SMILES string of the molecule is CN1CCC(c2cc(Cl)cc(Cl)c2)CC1=O. The summed E-state index contributed by atoms with van der Waals surface area (Å²) in [4.78, 5) is 13.4. The summed E-state index contributed by atoms with van der Waals surface area (Å²) in [5, 5.41) is 1.27. The van der Waals surface area contributed by atoms with E-state index in [9.17, 15) is 4.79 Å². The second-order valence-corrected chi connectivity index (χ2v) is 5.08. The summed E-state index contributed by atoms with van der Waals surface area (Å²) in [5.41, 5.74) is 1.07. The molecule has 4 heteroatoms. The van der Waals surface area contributed by atoms with E-state index >= 15 is 0 Å². The first-order chi connectivity index (χ1) is 7.56. The Morgan fingerprint density at radius 3 is 2.44 bits per heavy atom. The van der Waals surface area contributed by atoms with Crippen molar-refractivity contribution in [1.29, 1.82) is 0 Å². The molecule has 1 heterocycles. The van der Waals surface area contributed by atoms with E-state index in [4.69, 9.17) is 23.2 Å². The van der Waals surface area contributed by atoms with Crippen LogP contribution in [-0.4, -0.2) is 24.4 Å². The number of rotatable bonds is 1. The fraction of sp³-hybridized carbons (Fsp3) is 0.417. The highest BCUT2D eigenvalue weighted by atomic mass is 35.5. The number of halogens is 2. The third-order valence-corrected chi connectivity index (χ3v) is 3.45. The fourth-order valence-corrected chi connectivity index (χ4v) is 2.58. The molecule has 0 bridgehead atoms. The predicted molar refractivity (Wildman–Crippen MR) is 66.1 cm³/mol. The molecule has 86 valence electrons. The zero-order chi connectivity index (χ0) is 11.7.